The van der Waals surface area contributed by atoms with Gasteiger partial charge in [0.1, 0.15) is 0 Å². The number of H-pyrrole nitrogens is 2. The van der Waals surface area contributed by atoms with E-state index in [0.29, 0.717) is 13.0 Å². The number of nitrogens with zero attached hydrogens (tertiary/aromatic N) is 2. The summed E-state index contributed by atoms with van der Waals surface area (Å²) in [6, 6.07) is 0. The van der Waals surface area contributed by atoms with E-state index in [2.05, 4.69) is 25.3 Å². The van der Waals surface area contributed by atoms with Crippen molar-refractivity contribution < 1.29 is 4.79 Å². The Balaban J connectivity index is 1.71. The monoisotopic (exact) mass is 231 g/mol. The van der Waals surface area contributed by atoms with Crippen LogP contribution in [0.15, 0.2) is 31.1 Å². The summed E-state index contributed by atoms with van der Waals surface area (Å²) >= 11 is 0. The highest BCUT2D eigenvalue weighted by Gasteiger charge is 1.97. The zero-order valence-electron chi connectivity index (χ0n) is 9.18. The van der Waals surface area contributed by atoms with Crippen molar-refractivity contribution in [3.63, 3.8) is 0 Å². The molecule has 0 fully saturated rings. The van der Waals surface area contributed by atoms with Gasteiger partial charge >= 0.3 is 0 Å². The first kappa shape index (κ1) is 11.1. The SMILES string of the molecule is O=C(/C=C\c1c[nH]cn1)NCCc1c[nH]cn1. The second-order valence-electron chi connectivity index (χ2n) is 3.43. The number of hydrogen-bond acceptors (Lipinski definition) is 3. The molecule has 3 N–H and O–H groups in total. The highest BCUT2D eigenvalue weighted by Crippen LogP contribution is 1.94. The maximum absolute atomic E-state index is 11.4. The van der Waals surface area contributed by atoms with Crippen molar-refractivity contribution in [1.82, 2.24) is 25.3 Å². The lowest BCUT2D eigenvalue weighted by Gasteiger charge is -1.99. The van der Waals surface area contributed by atoms with Crippen LogP contribution in [0.1, 0.15) is 11.4 Å². The molecular weight excluding hydrogens is 218 g/mol. The molecular formula is C11H13N5O. The van der Waals surface area contributed by atoms with E-state index in [1.165, 1.54) is 6.08 Å². The molecule has 17 heavy (non-hydrogen) atoms. The molecule has 0 aliphatic carbocycles. The Kier molecular flexibility index (Phi) is 3.69. The molecule has 0 aliphatic heterocycles. The fourth-order valence-electron chi connectivity index (χ4n) is 1.32. The van der Waals surface area contributed by atoms with E-state index < -0.39 is 0 Å². The molecule has 0 radical (unpaired) electrons. The van der Waals surface area contributed by atoms with Crippen molar-refractivity contribution in [2.45, 2.75) is 6.42 Å². The molecule has 2 heterocycles. The molecule has 0 saturated carbocycles. The van der Waals surface area contributed by atoms with Gasteiger partial charge in [0.15, 0.2) is 0 Å². The van der Waals surface area contributed by atoms with Crippen LogP contribution in [0.2, 0.25) is 0 Å². The minimum atomic E-state index is -0.136. The fraction of sp³-hybridized carbons (Fsp3) is 0.182. The standard InChI is InChI=1S/C11H13N5O/c17-11(2-1-9-5-12-7-15-9)14-4-3-10-6-13-8-16-10/h1-2,5-8H,3-4H2,(H,12,15)(H,13,16)(H,14,17)/b2-1-. The number of carbonyl (C=O) groups excluding carboxylic acids is 1. The molecule has 2 aromatic heterocycles. The Morgan fingerprint density at radius 2 is 2.12 bits per heavy atom. The van der Waals surface area contributed by atoms with E-state index in [1.807, 2.05) is 6.20 Å². The van der Waals surface area contributed by atoms with Crippen LogP contribution >= 0.6 is 0 Å². The van der Waals surface area contributed by atoms with E-state index >= 15 is 0 Å². The Hall–Kier alpha value is -2.37. The Bertz CT molecular complexity index is 472. The average Bonchev–Trinajstić information content (AvgIpc) is 2.99. The summed E-state index contributed by atoms with van der Waals surface area (Å²) in [5.74, 6) is -0.136. The first-order chi connectivity index (χ1) is 8.34. The van der Waals surface area contributed by atoms with Crippen molar-refractivity contribution in [2.75, 3.05) is 6.54 Å². The molecule has 0 aromatic carbocycles. The summed E-state index contributed by atoms with van der Waals surface area (Å²) in [6.07, 6.45) is 10.5. The lowest BCUT2D eigenvalue weighted by molar-refractivity contribution is -0.116. The zero-order valence-corrected chi connectivity index (χ0v) is 9.18. The summed E-state index contributed by atoms with van der Waals surface area (Å²) < 4.78 is 0. The maximum Gasteiger partial charge on any atom is 0.244 e. The van der Waals surface area contributed by atoms with E-state index in [0.717, 1.165) is 11.4 Å². The normalized spacial score (nSPS) is 10.8. The number of aromatic amines is 2. The molecule has 0 bridgehead atoms. The molecule has 6 heteroatoms. The Morgan fingerprint density at radius 3 is 2.82 bits per heavy atom. The number of hydrogen-bond donors (Lipinski definition) is 3. The number of rotatable bonds is 5. The minimum absolute atomic E-state index is 0.136. The maximum atomic E-state index is 11.4. The van der Waals surface area contributed by atoms with Crippen LogP contribution in [0, 0.1) is 0 Å². The van der Waals surface area contributed by atoms with Gasteiger partial charge < -0.3 is 15.3 Å². The van der Waals surface area contributed by atoms with Crippen LogP contribution in [-0.4, -0.2) is 32.4 Å². The average molecular weight is 231 g/mol. The number of imidazole rings is 2. The van der Waals surface area contributed by atoms with E-state index in [1.54, 1.807) is 24.9 Å². The Labute approximate surface area is 98.2 Å². The van der Waals surface area contributed by atoms with Crippen LogP contribution in [0.5, 0.6) is 0 Å². The predicted molar refractivity (Wildman–Crippen MR) is 62.9 cm³/mol. The van der Waals surface area contributed by atoms with Crippen molar-refractivity contribution in [1.29, 1.82) is 0 Å². The lowest BCUT2D eigenvalue weighted by atomic mass is 10.3. The molecule has 88 valence electrons. The first-order valence-electron chi connectivity index (χ1n) is 5.27. The number of carbonyl (C=O) groups is 1. The van der Waals surface area contributed by atoms with Crippen molar-refractivity contribution >= 4 is 12.0 Å². The minimum Gasteiger partial charge on any atom is -0.352 e. The summed E-state index contributed by atoms with van der Waals surface area (Å²) in [5.41, 5.74) is 1.66. The second-order valence-corrected chi connectivity index (χ2v) is 3.43. The van der Waals surface area contributed by atoms with Crippen molar-refractivity contribution in [3.8, 4) is 0 Å². The summed E-state index contributed by atoms with van der Waals surface area (Å²) in [5, 5.41) is 2.77. The smallest absolute Gasteiger partial charge is 0.244 e. The van der Waals surface area contributed by atoms with Gasteiger partial charge in [-0.2, -0.15) is 0 Å². The summed E-state index contributed by atoms with van der Waals surface area (Å²) in [4.78, 5) is 25.1. The zero-order chi connectivity index (χ0) is 11.9. The van der Waals surface area contributed by atoms with Gasteiger partial charge in [-0.25, -0.2) is 9.97 Å². The summed E-state index contributed by atoms with van der Waals surface area (Å²) in [6.45, 7) is 0.564. The van der Waals surface area contributed by atoms with Gasteiger partial charge in [0.25, 0.3) is 0 Å². The number of nitrogens with one attached hydrogen (secondary N) is 3. The number of aromatic nitrogens is 4. The van der Waals surface area contributed by atoms with E-state index in [-0.39, 0.29) is 5.91 Å². The molecule has 0 atom stereocenters. The predicted octanol–water partition coefficient (Wildman–Crippen LogP) is 0.505. The molecule has 1 amide bonds. The topological polar surface area (TPSA) is 86.5 Å². The molecule has 0 unspecified atom stereocenters. The van der Waals surface area contributed by atoms with Gasteiger partial charge in [-0.1, -0.05) is 0 Å². The fourth-order valence-corrected chi connectivity index (χ4v) is 1.32. The van der Waals surface area contributed by atoms with Gasteiger partial charge in [0.2, 0.25) is 5.91 Å². The van der Waals surface area contributed by atoms with Crippen molar-refractivity contribution in [2.24, 2.45) is 0 Å². The van der Waals surface area contributed by atoms with Crippen LogP contribution in [0.4, 0.5) is 0 Å². The third-order valence-electron chi connectivity index (χ3n) is 2.16. The second kappa shape index (κ2) is 5.64. The van der Waals surface area contributed by atoms with Crippen molar-refractivity contribution in [3.05, 3.63) is 42.5 Å². The largest absolute Gasteiger partial charge is 0.352 e. The molecule has 6 nitrogen and oxygen atoms in total. The Morgan fingerprint density at radius 1 is 1.29 bits per heavy atom. The van der Waals surface area contributed by atoms with Crippen LogP contribution < -0.4 is 5.32 Å². The molecule has 0 spiro atoms. The summed E-state index contributed by atoms with van der Waals surface area (Å²) in [7, 11) is 0. The molecule has 2 aromatic rings. The lowest BCUT2D eigenvalue weighted by Crippen LogP contribution is -2.23. The molecule has 2 rings (SSSR count). The quantitative estimate of drug-likeness (QED) is 0.655. The van der Waals surface area contributed by atoms with E-state index in [9.17, 15) is 4.79 Å². The first-order valence-corrected chi connectivity index (χ1v) is 5.27. The highest BCUT2D eigenvalue weighted by atomic mass is 16.1. The van der Waals surface area contributed by atoms with Crippen LogP contribution in [0.25, 0.3) is 6.08 Å². The van der Waals surface area contributed by atoms with Crippen LogP contribution in [0.3, 0.4) is 0 Å². The number of amides is 1. The molecule has 0 saturated heterocycles. The van der Waals surface area contributed by atoms with Gasteiger partial charge in [-0.3, -0.25) is 4.79 Å². The van der Waals surface area contributed by atoms with Gasteiger partial charge in [-0.15, -0.1) is 0 Å². The third kappa shape index (κ3) is 3.60. The van der Waals surface area contributed by atoms with E-state index in [4.69, 9.17) is 0 Å². The van der Waals surface area contributed by atoms with Gasteiger partial charge in [0.05, 0.1) is 24.0 Å². The molecule has 0 aliphatic rings. The third-order valence-corrected chi connectivity index (χ3v) is 2.16. The van der Waals surface area contributed by atoms with Gasteiger partial charge in [0, 0.05) is 31.4 Å². The van der Waals surface area contributed by atoms with Crippen LogP contribution in [-0.2, 0) is 11.2 Å². The van der Waals surface area contributed by atoms with Gasteiger partial charge in [-0.05, 0) is 6.08 Å². The highest BCUT2D eigenvalue weighted by molar-refractivity contribution is 5.91.